The van der Waals surface area contributed by atoms with Crippen LogP contribution >= 0.6 is 0 Å². The molecule has 72 valence electrons. The maximum Gasteiger partial charge on any atom is 0.112 e. The predicted molar refractivity (Wildman–Crippen MR) is 49.2 cm³/mol. The SMILES string of the molecule is CC(C)(C)CCOCC1(C)CO1. The van der Waals surface area contributed by atoms with E-state index in [2.05, 4.69) is 27.7 Å². The molecule has 0 bridgehead atoms. The van der Waals surface area contributed by atoms with Crippen molar-refractivity contribution in [3.8, 4) is 0 Å². The van der Waals surface area contributed by atoms with Gasteiger partial charge in [-0.05, 0) is 18.8 Å². The van der Waals surface area contributed by atoms with Gasteiger partial charge in [-0.2, -0.15) is 0 Å². The van der Waals surface area contributed by atoms with Gasteiger partial charge in [-0.3, -0.25) is 0 Å². The molecule has 0 aromatic carbocycles. The van der Waals surface area contributed by atoms with E-state index < -0.39 is 0 Å². The van der Waals surface area contributed by atoms with Crippen LogP contribution < -0.4 is 0 Å². The van der Waals surface area contributed by atoms with Crippen LogP contribution in [0.3, 0.4) is 0 Å². The summed E-state index contributed by atoms with van der Waals surface area (Å²) in [6.07, 6.45) is 1.11. The van der Waals surface area contributed by atoms with Gasteiger partial charge in [0.05, 0.1) is 13.2 Å². The van der Waals surface area contributed by atoms with Crippen LogP contribution in [0, 0.1) is 5.41 Å². The van der Waals surface area contributed by atoms with Gasteiger partial charge in [0, 0.05) is 6.61 Å². The number of hydrogen-bond donors (Lipinski definition) is 0. The summed E-state index contributed by atoms with van der Waals surface area (Å²) in [6.45, 7) is 11.2. The average Bonchev–Trinajstić information content (AvgIpc) is 2.60. The minimum absolute atomic E-state index is 0.0535. The highest BCUT2D eigenvalue weighted by molar-refractivity contribution is 4.86. The van der Waals surface area contributed by atoms with Crippen molar-refractivity contribution in [1.29, 1.82) is 0 Å². The monoisotopic (exact) mass is 172 g/mol. The lowest BCUT2D eigenvalue weighted by molar-refractivity contribution is 0.0687. The highest BCUT2D eigenvalue weighted by Crippen LogP contribution is 2.26. The molecule has 0 radical (unpaired) electrons. The van der Waals surface area contributed by atoms with Crippen molar-refractivity contribution in [2.24, 2.45) is 5.41 Å². The van der Waals surface area contributed by atoms with Crippen molar-refractivity contribution in [3.63, 3.8) is 0 Å². The van der Waals surface area contributed by atoms with E-state index in [0.29, 0.717) is 5.41 Å². The summed E-state index contributed by atoms with van der Waals surface area (Å²) >= 11 is 0. The first-order chi connectivity index (χ1) is 5.41. The predicted octanol–water partition coefficient (Wildman–Crippen LogP) is 2.23. The Hall–Kier alpha value is -0.0800. The first-order valence-corrected chi connectivity index (χ1v) is 4.63. The third-order valence-corrected chi connectivity index (χ3v) is 2.04. The molecule has 0 N–H and O–H groups in total. The van der Waals surface area contributed by atoms with E-state index in [4.69, 9.17) is 9.47 Å². The highest BCUT2D eigenvalue weighted by Gasteiger charge is 2.39. The van der Waals surface area contributed by atoms with Crippen molar-refractivity contribution in [3.05, 3.63) is 0 Å². The van der Waals surface area contributed by atoms with Crippen LogP contribution in [0.4, 0.5) is 0 Å². The molecule has 1 aliphatic rings. The van der Waals surface area contributed by atoms with Crippen LogP contribution in [-0.4, -0.2) is 25.4 Å². The molecular weight excluding hydrogens is 152 g/mol. The summed E-state index contributed by atoms with van der Waals surface area (Å²) in [4.78, 5) is 0. The Labute approximate surface area is 75.2 Å². The van der Waals surface area contributed by atoms with E-state index in [1.54, 1.807) is 0 Å². The summed E-state index contributed by atoms with van der Waals surface area (Å²) in [5.41, 5.74) is 0.434. The molecule has 1 aliphatic heterocycles. The molecule has 1 atom stereocenters. The zero-order chi connectivity index (χ0) is 9.24. The zero-order valence-corrected chi connectivity index (χ0v) is 8.64. The quantitative estimate of drug-likeness (QED) is 0.479. The lowest BCUT2D eigenvalue weighted by Gasteiger charge is -2.18. The first-order valence-electron chi connectivity index (χ1n) is 4.63. The number of epoxide rings is 1. The molecular formula is C10H20O2. The van der Waals surface area contributed by atoms with Gasteiger partial charge in [0.15, 0.2) is 0 Å². The molecule has 0 saturated carbocycles. The van der Waals surface area contributed by atoms with Gasteiger partial charge in [-0.25, -0.2) is 0 Å². The van der Waals surface area contributed by atoms with Gasteiger partial charge >= 0.3 is 0 Å². The number of rotatable bonds is 4. The average molecular weight is 172 g/mol. The molecule has 0 aromatic rings. The fourth-order valence-corrected chi connectivity index (χ4v) is 0.873. The van der Waals surface area contributed by atoms with Crippen molar-refractivity contribution in [2.75, 3.05) is 19.8 Å². The maximum absolute atomic E-state index is 5.51. The molecule has 0 amide bonds. The van der Waals surface area contributed by atoms with Crippen molar-refractivity contribution >= 4 is 0 Å². The zero-order valence-electron chi connectivity index (χ0n) is 8.64. The minimum atomic E-state index is 0.0535. The first kappa shape index (κ1) is 10.0. The smallest absolute Gasteiger partial charge is 0.112 e. The molecule has 1 unspecified atom stereocenters. The van der Waals surface area contributed by atoms with Crippen LogP contribution in [0.1, 0.15) is 34.1 Å². The molecule has 12 heavy (non-hydrogen) atoms. The van der Waals surface area contributed by atoms with E-state index in [9.17, 15) is 0 Å². The van der Waals surface area contributed by atoms with E-state index in [1.807, 2.05) is 0 Å². The second kappa shape index (κ2) is 3.35. The number of hydrogen-bond acceptors (Lipinski definition) is 2. The van der Waals surface area contributed by atoms with Crippen molar-refractivity contribution in [1.82, 2.24) is 0 Å². The second-order valence-electron chi connectivity index (χ2n) is 5.10. The Kier molecular flexibility index (Phi) is 2.79. The van der Waals surface area contributed by atoms with Gasteiger partial charge in [0.1, 0.15) is 5.60 Å². The summed E-state index contributed by atoms with van der Waals surface area (Å²) in [5.74, 6) is 0. The Morgan fingerprint density at radius 2 is 2.00 bits per heavy atom. The topological polar surface area (TPSA) is 21.8 Å². The standard InChI is InChI=1S/C10H20O2/c1-9(2,3)5-6-11-7-10(4)8-12-10/h5-8H2,1-4H3. The molecule has 0 aliphatic carbocycles. The fraction of sp³-hybridized carbons (Fsp3) is 1.00. The normalized spacial score (nSPS) is 29.0. The van der Waals surface area contributed by atoms with Gasteiger partial charge in [0.25, 0.3) is 0 Å². The van der Waals surface area contributed by atoms with Gasteiger partial charge in [-0.15, -0.1) is 0 Å². The van der Waals surface area contributed by atoms with E-state index in [1.165, 1.54) is 0 Å². The van der Waals surface area contributed by atoms with Crippen molar-refractivity contribution < 1.29 is 9.47 Å². The minimum Gasteiger partial charge on any atom is -0.378 e. The Morgan fingerprint density at radius 3 is 2.42 bits per heavy atom. The molecule has 1 saturated heterocycles. The van der Waals surface area contributed by atoms with Gasteiger partial charge in [0.2, 0.25) is 0 Å². The molecule has 0 aromatic heterocycles. The van der Waals surface area contributed by atoms with Crippen LogP contribution in [0.2, 0.25) is 0 Å². The summed E-state index contributed by atoms with van der Waals surface area (Å²) < 4.78 is 10.7. The molecule has 2 nitrogen and oxygen atoms in total. The Balaban J connectivity index is 1.96. The van der Waals surface area contributed by atoms with Crippen LogP contribution in [0.5, 0.6) is 0 Å². The van der Waals surface area contributed by atoms with Crippen LogP contribution in [-0.2, 0) is 9.47 Å². The van der Waals surface area contributed by atoms with Gasteiger partial charge in [-0.1, -0.05) is 20.8 Å². The highest BCUT2D eigenvalue weighted by atomic mass is 16.6. The molecule has 1 rings (SSSR count). The summed E-state index contributed by atoms with van der Waals surface area (Å²) in [7, 11) is 0. The lowest BCUT2D eigenvalue weighted by Crippen LogP contribution is -2.17. The van der Waals surface area contributed by atoms with Gasteiger partial charge < -0.3 is 9.47 Å². The lowest BCUT2D eigenvalue weighted by atomic mass is 9.93. The third-order valence-electron chi connectivity index (χ3n) is 2.04. The summed E-state index contributed by atoms with van der Waals surface area (Å²) in [5, 5.41) is 0. The second-order valence-corrected chi connectivity index (χ2v) is 5.10. The Bertz CT molecular complexity index is 135. The summed E-state index contributed by atoms with van der Waals surface area (Å²) in [6, 6.07) is 0. The third kappa shape index (κ3) is 4.07. The van der Waals surface area contributed by atoms with E-state index >= 15 is 0 Å². The van der Waals surface area contributed by atoms with E-state index in [0.717, 1.165) is 26.2 Å². The molecule has 1 heterocycles. The largest absolute Gasteiger partial charge is 0.378 e. The molecule has 0 spiro atoms. The molecule has 1 fully saturated rings. The molecule has 2 heteroatoms. The van der Waals surface area contributed by atoms with Crippen molar-refractivity contribution in [2.45, 2.75) is 39.7 Å². The van der Waals surface area contributed by atoms with E-state index in [-0.39, 0.29) is 5.60 Å². The van der Waals surface area contributed by atoms with Crippen LogP contribution in [0.25, 0.3) is 0 Å². The number of ether oxygens (including phenoxy) is 2. The van der Waals surface area contributed by atoms with Crippen LogP contribution in [0.15, 0.2) is 0 Å². The maximum atomic E-state index is 5.51. The Morgan fingerprint density at radius 1 is 1.42 bits per heavy atom. The fourth-order valence-electron chi connectivity index (χ4n) is 0.873.